The summed E-state index contributed by atoms with van der Waals surface area (Å²) >= 11 is 0. The number of hydrogen-bond acceptors (Lipinski definition) is 5. The number of sulfone groups is 1. The lowest BCUT2D eigenvalue weighted by molar-refractivity contribution is 0.164. The average Bonchev–Trinajstić information content (AvgIpc) is 3.11. The lowest BCUT2D eigenvalue weighted by Gasteiger charge is -2.35. The lowest BCUT2D eigenvalue weighted by Crippen LogP contribution is -2.41. The zero-order valence-corrected chi connectivity index (χ0v) is 18.4. The maximum atomic E-state index is 11.6. The Balaban J connectivity index is 1.35. The molecule has 2 aromatic rings. The molecule has 4 rings (SSSR count). The number of ether oxygens (including phenoxy) is 1. The number of nitrogens with zero attached hydrogens (tertiary/aromatic N) is 2. The topological polar surface area (TPSA) is 70.4 Å². The van der Waals surface area contributed by atoms with Crippen molar-refractivity contribution in [2.24, 2.45) is 5.92 Å². The van der Waals surface area contributed by atoms with E-state index in [-0.39, 0.29) is 0 Å². The third-order valence-electron chi connectivity index (χ3n) is 6.45. The largest absolute Gasteiger partial charge is 0.493 e. The van der Waals surface area contributed by atoms with Crippen LogP contribution in [0, 0.1) is 17.2 Å². The third-order valence-corrected chi connectivity index (χ3v) is 7.58. The molecule has 3 atom stereocenters. The van der Waals surface area contributed by atoms with Crippen LogP contribution in [0.5, 0.6) is 5.75 Å². The molecule has 1 fully saturated rings. The lowest BCUT2D eigenvalue weighted by atomic mass is 9.86. The Morgan fingerprint density at radius 2 is 1.93 bits per heavy atom. The van der Waals surface area contributed by atoms with Gasteiger partial charge in [-0.2, -0.15) is 5.26 Å². The Morgan fingerprint density at radius 1 is 1.17 bits per heavy atom. The van der Waals surface area contributed by atoms with Crippen molar-refractivity contribution < 1.29 is 13.2 Å². The highest BCUT2D eigenvalue weighted by Crippen LogP contribution is 2.32. The second kappa shape index (κ2) is 8.41. The van der Waals surface area contributed by atoms with E-state index in [1.54, 1.807) is 24.3 Å². The van der Waals surface area contributed by atoms with Crippen LogP contribution in [0.15, 0.2) is 47.4 Å². The van der Waals surface area contributed by atoms with Crippen LogP contribution in [-0.2, 0) is 22.7 Å². The monoisotopic (exact) mass is 424 g/mol. The van der Waals surface area contributed by atoms with E-state index >= 15 is 0 Å². The van der Waals surface area contributed by atoms with Crippen molar-refractivity contribution in [1.82, 2.24) is 4.90 Å². The van der Waals surface area contributed by atoms with E-state index in [1.807, 2.05) is 6.07 Å². The number of rotatable bonds is 5. The number of likely N-dealkylation sites (tertiary alicyclic amines) is 1. The minimum absolute atomic E-state index is 0.313. The Kier molecular flexibility index (Phi) is 5.86. The molecule has 2 aromatic carbocycles. The minimum Gasteiger partial charge on any atom is -0.493 e. The van der Waals surface area contributed by atoms with Gasteiger partial charge in [-0.1, -0.05) is 6.07 Å². The molecule has 1 aliphatic heterocycles. The van der Waals surface area contributed by atoms with Gasteiger partial charge in [0.05, 0.1) is 23.1 Å². The molecule has 6 heteroatoms. The summed E-state index contributed by atoms with van der Waals surface area (Å²) in [6.45, 7) is 3.95. The normalized spacial score (nSPS) is 24.2. The fourth-order valence-electron chi connectivity index (χ4n) is 4.89. The molecule has 2 aliphatic rings. The van der Waals surface area contributed by atoms with E-state index in [2.05, 4.69) is 30.0 Å². The number of benzene rings is 2. The van der Waals surface area contributed by atoms with Gasteiger partial charge in [0.25, 0.3) is 0 Å². The van der Waals surface area contributed by atoms with Gasteiger partial charge in [-0.25, -0.2) is 8.42 Å². The van der Waals surface area contributed by atoms with Crippen LogP contribution in [0.3, 0.4) is 0 Å². The Hall–Kier alpha value is -2.36. The number of aryl methyl sites for hydroxylation is 1. The molecule has 1 saturated heterocycles. The second-order valence-electron chi connectivity index (χ2n) is 8.69. The minimum atomic E-state index is -3.18. The Bertz CT molecular complexity index is 1060. The van der Waals surface area contributed by atoms with Gasteiger partial charge in [-0.3, -0.25) is 4.90 Å². The number of hydrogen-bond donors (Lipinski definition) is 0. The maximum absolute atomic E-state index is 11.6. The molecule has 0 bridgehead atoms. The quantitative estimate of drug-likeness (QED) is 0.733. The molecule has 1 heterocycles. The SMILES string of the molecule is C[C@@H]1C[C@H](COc2ccc(S(C)(=O)=O)cc2)CN1C1CCc2ccc(C#N)cc2C1. The second-order valence-corrected chi connectivity index (χ2v) is 10.7. The van der Waals surface area contributed by atoms with Crippen molar-refractivity contribution >= 4 is 9.84 Å². The van der Waals surface area contributed by atoms with E-state index in [4.69, 9.17) is 4.74 Å². The summed E-state index contributed by atoms with van der Waals surface area (Å²) < 4.78 is 29.1. The van der Waals surface area contributed by atoms with E-state index in [1.165, 1.54) is 17.4 Å². The summed E-state index contributed by atoms with van der Waals surface area (Å²) in [6.07, 6.45) is 5.55. The number of nitriles is 1. The molecule has 0 N–H and O–H groups in total. The zero-order chi connectivity index (χ0) is 21.3. The van der Waals surface area contributed by atoms with E-state index < -0.39 is 9.84 Å². The Morgan fingerprint density at radius 3 is 2.63 bits per heavy atom. The number of fused-ring (bicyclic) bond motifs is 1. The van der Waals surface area contributed by atoms with Gasteiger partial charge in [0, 0.05) is 30.8 Å². The molecule has 30 heavy (non-hydrogen) atoms. The molecule has 0 radical (unpaired) electrons. The van der Waals surface area contributed by atoms with Gasteiger partial charge >= 0.3 is 0 Å². The predicted molar refractivity (Wildman–Crippen MR) is 116 cm³/mol. The van der Waals surface area contributed by atoms with Crippen molar-refractivity contribution in [1.29, 1.82) is 5.26 Å². The molecule has 158 valence electrons. The first-order valence-corrected chi connectivity index (χ1v) is 12.4. The van der Waals surface area contributed by atoms with Gasteiger partial charge in [0.1, 0.15) is 5.75 Å². The van der Waals surface area contributed by atoms with E-state index in [0.29, 0.717) is 35.3 Å². The van der Waals surface area contributed by atoms with Crippen LogP contribution in [0.1, 0.15) is 36.5 Å². The van der Waals surface area contributed by atoms with Gasteiger partial charge in [-0.05, 0) is 80.1 Å². The molecular formula is C24H28N2O3S. The van der Waals surface area contributed by atoms with Crippen LogP contribution in [0.2, 0.25) is 0 Å². The summed E-state index contributed by atoms with van der Waals surface area (Å²) in [5, 5.41) is 9.20. The highest BCUT2D eigenvalue weighted by molar-refractivity contribution is 7.90. The highest BCUT2D eigenvalue weighted by Gasteiger charge is 2.35. The third kappa shape index (κ3) is 4.53. The van der Waals surface area contributed by atoms with Gasteiger partial charge in [0.2, 0.25) is 0 Å². The highest BCUT2D eigenvalue weighted by atomic mass is 32.2. The summed E-state index contributed by atoms with van der Waals surface area (Å²) in [7, 11) is -3.18. The summed E-state index contributed by atoms with van der Waals surface area (Å²) in [5.74, 6) is 1.17. The fraction of sp³-hybridized carbons (Fsp3) is 0.458. The standard InChI is InChI=1S/C24H28N2O3S/c1-17-11-19(16-29-23-7-9-24(10-8-23)30(2,27)28)15-26(17)22-6-5-20-4-3-18(14-25)12-21(20)13-22/h3-4,7-10,12,17,19,22H,5-6,11,13,15-16H2,1-2H3/t17-,19+,22?/m1/s1. The summed E-state index contributed by atoms with van der Waals surface area (Å²) in [5.41, 5.74) is 3.45. The van der Waals surface area contributed by atoms with Crippen molar-refractivity contribution in [3.63, 3.8) is 0 Å². The molecule has 1 aliphatic carbocycles. The van der Waals surface area contributed by atoms with Crippen molar-refractivity contribution in [2.45, 2.75) is 49.6 Å². The fourth-order valence-corrected chi connectivity index (χ4v) is 5.52. The van der Waals surface area contributed by atoms with Crippen LogP contribution in [-0.4, -0.2) is 44.8 Å². The van der Waals surface area contributed by atoms with Crippen molar-refractivity contribution in [2.75, 3.05) is 19.4 Å². The molecule has 0 amide bonds. The van der Waals surface area contributed by atoms with Crippen molar-refractivity contribution in [3.05, 3.63) is 59.2 Å². The molecule has 0 saturated carbocycles. The zero-order valence-electron chi connectivity index (χ0n) is 17.5. The van der Waals surface area contributed by atoms with Crippen LogP contribution < -0.4 is 4.74 Å². The first-order chi connectivity index (χ1) is 14.3. The van der Waals surface area contributed by atoms with Crippen molar-refractivity contribution in [3.8, 4) is 11.8 Å². The summed E-state index contributed by atoms with van der Waals surface area (Å²) in [4.78, 5) is 2.93. The average molecular weight is 425 g/mol. The molecule has 5 nitrogen and oxygen atoms in total. The van der Waals surface area contributed by atoms with E-state index in [0.717, 1.165) is 37.8 Å². The first kappa shape index (κ1) is 20.9. The first-order valence-electron chi connectivity index (χ1n) is 10.5. The maximum Gasteiger partial charge on any atom is 0.175 e. The molecular weight excluding hydrogens is 396 g/mol. The van der Waals surface area contributed by atoms with Gasteiger partial charge in [-0.15, -0.1) is 0 Å². The molecule has 0 aromatic heterocycles. The van der Waals surface area contributed by atoms with E-state index in [9.17, 15) is 13.7 Å². The summed E-state index contributed by atoms with van der Waals surface area (Å²) in [6, 6.07) is 16.0. The molecule has 1 unspecified atom stereocenters. The molecule has 0 spiro atoms. The van der Waals surface area contributed by atoms with Crippen LogP contribution >= 0.6 is 0 Å². The van der Waals surface area contributed by atoms with Crippen LogP contribution in [0.25, 0.3) is 0 Å². The smallest absolute Gasteiger partial charge is 0.175 e. The van der Waals surface area contributed by atoms with Gasteiger partial charge in [0.15, 0.2) is 9.84 Å². The van der Waals surface area contributed by atoms with Gasteiger partial charge < -0.3 is 4.74 Å². The predicted octanol–water partition coefficient (Wildman–Crippen LogP) is 3.61. The van der Waals surface area contributed by atoms with Crippen LogP contribution in [0.4, 0.5) is 0 Å². The Labute approximate surface area is 179 Å².